The molecule has 0 unspecified atom stereocenters. The minimum atomic E-state index is -0.573. The monoisotopic (exact) mass is 478 g/mol. The summed E-state index contributed by atoms with van der Waals surface area (Å²) in [4.78, 5) is 45.9. The Hall–Kier alpha value is -2.00. The van der Waals surface area contributed by atoms with Crippen LogP contribution in [0.4, 0.5) is 0 Å². The summed E-state index contributed by atoms with van der Waals surface area (Å²) in [6.07, 6.45) is 7.00. The van der Waals surface area contributed by atoms with Gasteiger partial charge < -0.3 is 20.3 Å². The van der Waals surface area contributed by atoms with Crippen molar-refractivity contribution in [3.63, 3.8) is 0 Å². The van der Waals surface area contributed by atoms with Gasteiger partial charge in [0.2, 0.25) is 11.8 Å². The molecule has 2 N–H and O–H groups in total. The van der Waals surface area contributed by atoms with Crippen molar-refractivity contribution in [3.05, 3.63) is 16.6 Å². The predicted octanol–water partition coefficient (Wildman–Crippen LogP) is 2.99. The zero-order valence-electron chi connectivity index (χ0n) is 20.1. The Morgan fingerprint density at radius 2 is 1.97 bits per heavy atom. The molecule has 2 aliphatic rings. The molecule has 3 rings (SSSR count). The Morgan fingerprint density at radius 1 is 1.21 bits per heavy atom. The van der Waals surface area contributed by atoms with E-state index >= 15 is 0 Å². The zero-order chi connectivity index (χ0) is 23.8. The largest absolute Gasteiger partial charge is 0.379 e. The van der Waals surface area contributed by atoms with E-state index in [0.29, 0.717) is 50.4 Å². The lowest BCUT2D eigenvalue weighted by atomic mass is 9.73. The summed E-state index contributed by atoms with van der Waals surface area (Å²) in [5.41, 5.74) is 1.10. The molecule has 1 aromatic heterocycles. The molecular weight excluding hydrogens is 440 g/mol. The van der Waals surface area contributed by atoms with Crippen LogP contribution in [0.2, 0.25) is 0 Å². The molecular formula is C24H38N4O4S. The summed E-state index contributed by atoms with van der Waals surface area (Å²) in [6, 6.07) is -0.682. The molecule has 0 radical (unpaired) electrons. The van der Waals surface area contributed by atoms with Gasteiger partial charge >= 0.3 is 0 Å². The molecule has 2 saturated heterocycles. The van der Waals surface area contributed by atoms with Crippen molar-refractivity contribution in [1.29, 1.82) is 0 Å². The third kappa shape index (κ3) is 6.99. The number of aromatic nitrogens is 1. The van der Waals surface area contributed by atoms with Crippen molar-refractivity contribution in [1.82, 2.24) is 20.5 Å². The normalized spacial score (nSPS) is 25.4. The number of carbonyl (C=O) groups is 3. The van der Waals surface area contributed by atoms with E-state index in [-0.39, 0.29) is 29.7 Å². The molecule has 0 saturated carbocycles. The maximum atomic E-state index is 13.7. The minimum Gasteiger partial charge on any atom is -0.379 e. The second-order valence-corrected chi connectivity index (χ2v) is 10.8. The summed E-state index contributed by atoms with van der Waals surface area (Å²) in [5.74, 6) is 0.0467. The lowest BCUT2D eigenvalue weighted by Gasteiger charge is -2.41. The topological polar surface area (TPSA) is 101 Å². The molecule has 2 atom stereocenters. The van der Waals surface area contributed by atoms with E-state index in [0.717, 1.165) is 25.7 Å². The highest BCUT2D eigenvalue weighted by Crippen LogP contribution is 2.38. The van der Waals surface area contributed by atoms with Crippen LogP contribution in [-0.4, -0.2) is 66.0 Å². The van der Waals surface area contributed by atoms with Gasteiger partial charge in [-0.25, -0.2) is 0 Å². The number of rotatable bonds is 3. The Labute approximate surface area is 200 Å². The van der Waals surface area contributed by atoms with Gasteiger partial charge in [0.05, 0.1) is 23.7 Å². The molecule has 184 valence electrons. The molecule has 2 aliphatic heterocycles. The number of nitrogens with one attached hydrogen (secondary N) is 2. The lowest BCUT2D eigenvalue weighted by Crippen LogP contribution is -2.56. The molecule has 33 heavy (non-hydrogen) atoms. The van der Waals surface area contributed by atoms with Gasteiger partial charge in [0.15, 0.2) is 0 Å². The fourth-order valence-electron chi connectivity index (χ4n) is 4.71. The van der Waals surface area contributed by atoms with Crippen LogP contribution in [0.1, 0.15) is 75.4 Å². The van der Waals surface area contributed by atoms with Gasteiger partial charge in [-0.05, 0) is 44.9 Å². The van der Waals surface area contributed by atoms with Crippen LogP contribution in [0.25, 0.3) is 0 Å². The van der Waals surface area contributed by atoms with Crippen LogP contribution in [0, 0.1) is 11.3 Å². The Kier molecular flexibility index (Phi) is 9.26. The van der Waals surface area contributed by atoms with Crippen molar-refractivity contribution >= 4 is 29.1 Å². The average molecular weight is 479 g/mol. The van der Waals surface area contributed by atoms with Crippen LogP contribution >= 0.6 is 11.3 Å². The molecule has 1 aromatic rings. The Morgan fingerprint density at radius 3 is 2.64 bits per heavy atom. The molecule has 0 bridgehead atoms. The van der Waals surface area contributed by atoms with E-state index in [1.54, 1.807) is 11.7 Å². The molecule has 3 heterocycles. The van der Waals surface area contributed by atoms with Crippen LogP contribution in [-0.2, 0) is 14.3 Å². The van der Waals surface area contributed by atoms with E-state index in [1.165, 1.54) is 11.3 Å². The smallest absolute Gasteiger partial charge is 0.265 e. The minimum absolute atomic E-state index is 0.0168. The van der Waals surface area contributed by atoms with Crippen molar-refractivity contribution in [3.8, 4) is 0 Å². The second-order valence-electron chi connectivity index (χ2n) is 9.89. The number of thiazole rings is 1. The summed E-state index contributed by atoms with van der Waals surface area (Å²) >= 11 is 1.34. The highest BCUT2D eigenvalue weighted by molar-refractivity contribution is 7.11. The van der Waals surface area contributed by atoms with E-state index in [2.05, 4.69) is 29.5 Å². The first kappa shape index (κ1) is 25.6. The van der Waals surface area contributed by atoms with Crippen LogP contribution in [0.5, 0.6) is 0 Å². The Bertz CT molecular complexity index is 790. The highest BCUT2D eigenvalue weighted by Gasteiger charge is 2.43. The van der Waals surface area contributed by atoms with Crippen molar-refractivity contribution in [2.75, 3.05) is 26.3 Å². The first-order chi connectivity index (χ1) is 15.8. The van der Waals surface area contributed by atoms with Gasteiger partial charge in [-0.3, -0.25) is 19.4 Å². The summed E-state index contributed by atoms with van der Waals surface area (Å²) in [7, 11) is 0. The number of ether oxygens (including phenoxy) is 1. The molecule has 2 fully saturated rings. The van der Waals surface area contributed by atoms with Crippen molar-refractivity contribution in [2.45, 2.75) is 77.8 Å². The van der Waals surface area contributed by atoms with Gasteiger partial charge in [0.25, 0.3) is 5.91 Å². The molecule has 8 nitrogen and oxygen atoms in total. The van der Waals surface area contributed by atoms with E-state index in [1.807, 2.05) is 11.8 Å². The quantitative estimate of drug-likeness (QED) is 0.696. The zero-order valence-corrected chi connectivity index (χ0v) is 20.9. The van der Waals surface area contributed by atoms with E-state index < -0.39 is 11.5 Å². The standard InChI is InChI=1S/C24H38N4O4S/c1-17(2)13-19-21(29)26-18(3)15-32-12-6-4-5-7-24(23(31)27-19)8-10-28(11-9-24)22(30)20-14-25-16-33-20/h14,16-19H,4-13,15H2,1-3H3,(H,26,29)(H,27,31)/t18-,19+/m1/s1. The summed E-state index contributed by atoms with van der Waals surface area (Å²) < 4.78 is 5.74. The van der Waals surface area contributed by atoms with Gasteiger partial charge in [-0.15, -0.1) is 11.3 Å². The first-order valence-electron chi connectivity index (χ1n) is 12.2. The number of nitrogens with zero attached hydrogens (tertiary/aromatic N) is 2. The first-order valence-corrected chi connectivity index (χ1v) is 13.1. The third-order valence-corrected chi connectivity index (χ3v) is 7.42. The molecule has 0 aliphatic carbocycles. The SMILES string of the molecule is CC(C)C[C@@H]1NC(=O)C2(CCCCCOC[C@@H](C)NC1=O)CCN(C(=O)c1cncs1)CC2. The third-order valence-electron chi connectivity index (χ3n) is 6.66. The van der Waals surface area contributed by atoms with Crippen LogP contribution < -0.4 is 10.6 Å². The van der Waals surface area contributed by atoms with Gasteiger partial charge in [0.1, 0.15) is 10.9 Å². The number of hydrogen-bond donors (Lipinski definition) is 2. The maximum Gasteiger partial charge on any atom is 0.265 e. The predicted molar refractivity (Wildman–Crippen MR) is 128 cm³/mol. The highest BCUT2D eigenvalue weighted by atomic mass is 32.1. The number of amides is 3. The van der Waals surface area contributed by atoms with Crippen LogP contribution in [0.15, 0.2) is 11.7 Å². The van der Waals surface area contributed by atoms with Gasteiger partial charge in [-0.2, -0.15) is 0 Å². The van der Waals surface area contributed by atoms with Gasteiger partial charge in [0, 0.05) is 25.7 Å². The Balaban J connectivity index is 1.75. The van der Waals surface area contributed by atoms with Crippen LogP contribution in [0.3, 0.4) is 0 Å². The van der Waals surface area contributed by atoms with E-state index in [4.69, 9.17) is 4.74 Å². The lowest BCUT2D eigenvalue weighted by molar-refractivity contribution is -0.138. The average Bonchev–Trinajstić information content (AvgIpc) is 3.32. The molecule has 3 amide bonds. The number of likely N-dealkylation sites (tertiary alicyclic amines) is 1. The number of piperidine rings is 1. The molecule has 1 spiro atoms. The number of carbonyl (C=O) groups excluding carboxylic acids is 3. The fraction of sp³-hybridized carbons (Fsp3) is 0.750. The molecule has 0 aromatic carbocycles. The summed E-state index contributed by atoms with van der Waals surface area (Å²) in [6.45, 7) is 8.23. The maximum absolute atomic E-state index is 13.7. The fourth-order valence-corrected chi connectivity index (χ4v) is 5.30. The molecule has 9 heteroatoms. The van der Waals surface area contributed by atoms with E-state index in [9.17, 15) is 14.4 Å². The number of hydrogen-bond acceptors (Lipinski definition) is 6. The summed E-state index contributed by atoms with van der Waals surface area (Å²) in [5, 5.41) is 6.10. The van der Waals surface area contributed by atoms with Crippen molar-refractivity contribution < 1.29 is 19.1 Å². The van der Waals surface area contributed by atoms with Crippen molar-refractivity contribution in [2.24, 2.45) is 11.3 Å². The second kappa shape index (κ2) is 11.9. The van der Waals surface area contributed by atoms with Gasteiger partial charge in [-0.1, -0.05) is 26.7 Å².